The average molecular weight is 298 g/mol. The Morgan fingerprint density at radius 2 is 1.85 bits per heavy atom. The number of benzene rings is 2. The van der Waals surface area contributed by atoms with E-state index in [1.807, 2.05) is 6.07 Å². The van der Waals surface area contributed by atoms with Crippen molar-refractivity contribution in [1.29, 1.82) is 5.26 Å². The van der Waals surface area contributed by atoms with Gasteiger partial charge >= 0.3 is 6.36 Å². The molecule has 0 saturated heterocycles. The van der Waals surface area contributed by atoms with E-state index in [0.717, 1.165) is 12.1 Å². The highest BCUT2D eigenvalue weighted by atomic mass is 35.5. The molecule has 0 unspecified atom stereocenters. The summed E-state index contributed by atoms with van der Waals surface area (Å²) in [6.45, 7) is 0. The summed E-state index contributed by atoms with van der Waals surface area (Å²) in [5.74, 6) is -0.383. The monoisotopic (exact) mass is 297 g/mol. The number of alkyl halides is 3. The predicted octanol–water partition coefficient (Wildman–Crippen LogP) is 4.78. The van der Waals surface area contributed by atoms with Gasteiger partial charge in [0.25, 0.3) is 0 Å². The van der Waals surface area contributed by atoms with Gasteiger partial charge in [-0.1, -0.05) is 23.7 Å². The van der Waals surface area contributed by atoms with Gasteiger partial charge in [-0.25, -0.2) is 0 Å². The number of rotatable bonds is 2. The second-order valence-electron chi connectivity index (χ2n) is 3.88. The first-order valence-electron chi connectivity index (χ1n) is 5.45. The fourth-order valence-electron chi connectivity index (χ4n) is 1.71. The molecule has 0 aliphatic carbocycles. The minimum Gasteiger partial charge on any atom is -0.406 e. The Morgan fingerprint density at radius 1 is 1.10 bits per heavy atom. The number of hydrogen-bond acceptors (Lipinski definition) is 2. The molecule has 2 rings (SSSR count). The lowest BCUT2D eigenvalue weighted by Gasteiger charge is -2.11. The summed E-state index contributed by atoms with van der Waals surface area (Å²) >= 11 is 5.84. The molecule has 0 aromatic heterocycles. The molecule has 0 heterocycles. The van der Waals surface area contributed by atoms with Crippen molar-refractivity contribution in [3.8, 4) is 22.9 Å². The summed E-state index contributed by atoms with van der Waals surface area (Å²) in [6.07, 6.45) is -4.78. The normalized spacial score (nSPS) is 10.9. The maximum absolute atomic E-state index is 12.2. The van der Waals surface area contributed by atoms with Crippen LogP contribution in [0.4, 0.5) is 13.2 Å². The number of ether oxygens (including phenoxy) is 1. The second kappa shape index (κ2) is 5.43. The fraction of sp³-hybridized carbons (Fsp3) is 0.0714. The molecule has 0 radical (unpaired) electrons. The lowest BCUT2D eigenvalue weighted by molar-refractivity contribution is -0.274. The van der Waals surface area contributed by atoms with E-state index >= 15 is 0 Å². The SMILES string of the molecule is N#Cc1ccc(OC(F)(F)F)cc1-c1cccc(Cl)c1. The van der Waals surface area contributed by atoms with Crippen molar-refractivity contribution in [2.24, 2.45) is 0 Å². The number of hydrogen-bond donors (Lipinski definition) is 0. The van der Waals surface area contributed by atoms with E-state index in [1.54, 1.807) is 24.3 Å². The van der Waals surface area contributed by atoms with Crippen LogP contribution in [0.3, 0.4) is 0 Å². The van der Waals surface area contributed by atoms with Crippen LogP contribution in [0.25, 0.3) is 11.1 Å². The van der Waals surface area contributed by atoms with Crippen molar-refractivity contribution in [3.05, 3.63) is 53.1 Å². The van der Waals surface area contributed by atoms with Gasteiger partial charge in [0.1, 0.15) is 5.75 Å². The average Bonchev–Trinajstić information content (AvgIpc) is 2.37. The van der Waals surface area contributed by atoms with Crippen LogP contribution in [0.15, 0.2) is 42.5 Å². The first kappa shape index (κ1) is 14.2. The molecule has 0 spiro atoms. The Labute approximate surface area is 118 Å². The van der Waals surface area contributed by atoms with Crippen molar-refractivity contribution >= 4 is 11.6 Å². The van der Waals surface area contributed by atoms with Crippen LogP contribution >= 0.6 is 11.6 Å². The Kier molecular flexibility index (Phi) is 3.86. The highest BCUT2D eigenvalue weighted by molar-refractivity contribution is 6.30. The number of nitriles is 1. The summed E-state index contributed by atoms with van der Waals surface area (Å²) in [5.41, 5.74) is 1.11. The van der Waals surface area contributed by atoms with Gasteiger partial charge in [-0.05, 0) is 35.9 Å². The van der Waals surface area contributed by atoms with Crippen molar-refractivity contribution in [2.75, 3.05) is 0 Å². The third-order valence-corrected chi connectivity index (χ3v) is 2.72. The van der Waals surface area contributed by atoms with Gasteiger partial charge < -0.3 is 4.74 Å². The Bertz CT molecular complexity index is 677. The summed E-state index contributed by atoms with van der Waals surface area (Å²) in [4.78, 5) is 0. The van der Waals surface area contributed by atoms with E-state index in [4.69, 9.17) is 16.9 Å². The molecule has 0 atom stereocenters. The molecule has 102 valence electrons. The van der Waals surface area contributed by atoms with Gasteiger partial charge in [0.15, 0.2) is 0 Å². The number of nitrogens with zero attached hydrogens (tertiary/aromatic N) is 1. The van der Waals surface area contributed by atoms with E-state index in [0.29, 0.717) is 16.1 Å². The van der Waals surface area contributed by atoms with Gasteiger partial charge in [-0.2, -0.15) is 5.26 Å². The Morgan fingerprint density at radius 3 is 2.45 bits per heavy atom. The predicted molar refractivity (Wildman–Crippen MR) is 68.3 cm³/mol. The zero-order valence-corrected chi connectivity index (χ0v) is 10.7. The van der Waals surface area contributed by atoms with Gasteiger partial charge in [-0.15, -0.1) is 13.2 Å². The van der Waals surface area contributed by atoms with E-state index in [9.17, 15) is 13.2 Å². The Hall–Kier alpha value is -2.19. The van der Waals surface area contributed by atoms with Gasteiger partial charge in [0.05, 0.1) is 11.6 Å². The van der Waals surface area contributed by atoms with Crippen LogP contribution in [0, 0.1) is 11.3 Å². The quantitative estimate of drug-likeness (QED) is 0.799. The lowest BCUT2D eigenvalue weighted by atomic mass is 10.00. The molecular formula is C14H7ClF3NO. The minimum atomic E-state index is -4.78. The fourth-order valence-corrected chi connectivity index (χ4v) is 1.90. The lowest BCUT2D eigenvalue weighted by Crippen LogP contribution is -2.17. The van der Waals surface area contributed by atoms with Crippen molar-refractivity contribution in [2.45, 2.75) is 6.36 Å². The maximum Gasteiger partial charge on any atom is 0.573 e. The number of halogens is 4. The molecule has 2 aromatic rings. The Balaban J connectivity index is 2.50. The highest BCUT2D eigenvalue weighted by Gasteiger charge is 2.31. The second-order valence-corrected chi connectivity index (χ2v) is 4.31. The molecule has 0 aliphatic rings. The third kappa shape index (κ3) is 3.43. The van der Waals surface area contributed by atoms with E-state index in [-0.39, 0.29) is 11.3 Å². The molecule has 0 fully saturated rings. The van der Waals surface area contributed by atoms with Crippen molar-refractivity contribution in [1.82, 2.24) is 0 Å². The zero-order chi connectivity index (χ0) is 14.8. The smallest absolute Gasteiger partial charge is 0.406 e. The molecule has 20 heavy (non-hydrogen) atoms. The third-order valence-electron chi connectivity index (χ3n) is 2.48. The molecule has 0 saturated carbocycles. The molecule has 0 aliphatic heterocycles. The maximum atomic E-state index is 12.2. The largest absolute Gasteiger partial charge is 0.573 e. The molecule has 2 aromatic carbocycles. The van der Waals surface area contributed by atoms with Crippen LogP contribution in [0.5, 0.6) is 5.75 Å². The summed E-state index contributed by atoms with van der Waals surface area (Å²) in [5, 5.41) is 9.45. The zero-order valence-electron chi connectivity index (χ0n) is 9.91. The molecule has 0 amide bonds. The van der Waals surface area contributed by atoms with E-state index in [2.05, 4.69) is 4.74 Å². The topological polar surface area (TPSA) is 33.0 Å². The van der Waals surface area contributed by atoms with Crippen LogP contribution < -0.4 is 4.74 Å². The first-order valence-corrected chi connectivity index (χ1v) is 5.83. The molecule has 0 N–H and O–H groups in total. The molecular weight excluding hydrogens is 291 g/mol. The van der Waals surface area contributed by atoms with Crippen LogP contribution in [-0.4, -0.2) is 6.36 Å². The molecule has 2 nitrogen and oxygen atoms in total. The van der Waals surface area contributed by atoms with Crippen LogP contribution in [0.1, 0.15) is 5.56 Å². The van der Waals surface area contributed by atoms with E-state index < -0.39 is 6.36 Å². The van der Waals surface area contributed by atoms with Crippen molar-refractivity contribution < 1.29 is 17.9 Å². The van der Waals surface area contributed by atoms with Gasteiger partial charge in [0.2, 0.25) is 0 Å². The molecule has 6 heteroatoms. The van der Waals surface area contributed by atoms with E-state index in [1.165, 1.54) is 6.07 Å². The molecule has 0 bridgehead atoms. The summed E-state index contributed by atoms with van der Waals surface area (Å²) in [7, 11) is 0. The van der Waals surface area contributed by atoms with Gasteiger partial charge in [0, 0.05) is 10.6 Å². The standard InChI is InChI=1S/C14H7ClF3NO/c15-11-3-1-2-9(6-11)13-7-12(20-14(16,17)18)5-4-10(13)8-19/h1-7H. The van der Waals surface area contributed by atoms with Crippen LogP contribution in [0.2, 0.25) is 5.02 Å². The van der Waals surface area contributed by atoms with Crippen LogP contribution in [-0.2, 0) is 0 Å². The highest BCUT2D eigenvalue weighted by Crippen LogP contribution is 2.31. The summed E-state index contributed by atoms with van der Waals surface area (Å²) < 4.78 is 40.5. The minimum absolute atomic E-state index is 0.238. The van der Waals surface area contributed by atoms with Crippen molar-refractivity contribution in [3.63, 3.8) is 0 Å². The van der Waals surface area contributed by atoms with Gasteiger partial charge in [-0.3, -0.25) is 0 Å². The first-order chi connectivity index (χ1) is 9.39. The summed E-state index contributed by atoms with van der Waals surface area (Å²) in [6, 6.07) is 12.0.